The van der Waals surface area contributed by atoms with Crippen molar-refractivity contribution in [2.24, 2.45) is 16.1 Å². The SMILES string of the molecule is C#CCN1C(=O)N=C(N)C12CCCC(C)(C)CC2. The predicted molar refractivity (Wildman–Crippen MR) is 72.2 cm³/mol. The van der Waals surface area contributed by atoms with Crippen LogP contribution in [0, 0.1) is 17.8 Å². The van der Waals surface area contributed by atoms with Crippen molar-refractivity contribution >= 4 is 11.9 Å². The third-order valence-electron chi connectivity index (χ3n) is 4.35. The zero-order valence-electron chi connectivity index (χ0n) is 11.2. The number of amidine groups is 1. The lowest BCUT2D eigenvalue weighted by Gasteiger charge is -2.36. The maximum Gasteiger partial charge on any atom is 0.346 e. The first-order valence-corrected chi connectivity index (χ1v) is 6.51. The van der Waals surface area contributed by atoms with Crippen LogP contribution in [0.5, 0.6) is 0 Å². The lowest BCUT2D eigenvalue weighted by atomic mass is 9.83. The molecule has 0 saturated heterocycles. The minimum atomic E-state index is -0.419. The van der Waals surface area contributed by atoms with E-state index in [0.29, 0.717) is 17.8 Å². The molecule has 0 aromatic carbocycles. The van der Waals surface area contributed by atoms with Crippen LogP contribution in [0.25, 0.3) is 0 Å². The topological polar surface area (TPSA) is 58.7 Å². The molecule has 1 unspecified atom stereocenters. The Labute approximate surface area is 109 Å². The number of hydrogen-bond donors (Lipinski definition) is 1. The highest BCUT2D eigenvalue weighted by Crippen LogP contribution is 2.42. The molecular formula is C14H21N3O. The number of urea groups is 1. The number of rotatable bonds is 1. The molecule has 2 rings (SSSR count). The highest BCUT2D eigenvalue weighted by atomic mass is 16.2. The number of nitrogens with two attached hydrogens (primary N) is 1. The Morgan fingerprint density at radius 1 is 1.39 bits per heavy atom. The van der Waals surface area contributed by atoms with Crippen LogP contribution in [0.1, 0.15) is 46.0 Å². The molecule has 1 atom stereocenters. The minimum absolute atomic E-state index is 0.273. The van der Waals surface area contributed by atoms with Gasteiger partial charge in [-0.05, 0) is 31.1 Å². The lowest BCUT2D eigenvalue weighted by molar-refractivity contribution is 0.168. The minimum Gasteiger partial charge on any atom is -0.385 e. The third kappa shape index (κ3) is 1.98. The summed E-state index contributed by atoms with van der Waals surface area (Å²) in [6.45, 7) is 4.83. The van der Waals surface area contributed by atoms with Gasteiger partial charge in [0.25, 0.3) is 0 Å². The van der Waals surface area contributed by atoms with E-state index in [-0.39, 0.29) is 6.03 Å². The monoisotopic (exact) mass is 247 g/mol. The maximum atomic E-state index is 11.9. The van der Waals surface area contributed by atoms with Crippen LogP contribution in [0.15, 0.2) is 4.99 Å². The number of aliphatic imine (C=N–C) groups is 1. The summed E-state index contributed by atoms with van der Waals surface area (Å²) in [6, 6.07) is -0.273. The van der Waals surface area contributed by atoms with Crippen LogP contribution in [0.3, 0.4) is 0 Å². The molecule has 2 amide bonds. The van der Waals surface area contributed by atoms with E-state index in [4.69, 9.17) is 12.2 Å². The predicted octanol–water partition coefficient (Wildman–Crippen LogP) is 2.14. The van der Waals surface area contributed by atoms with Gasteiger partial charge in [-0.3, -0.25) is 4.90 Å². The molecule has 1 heterocycles. The number of hydrogen-bond acceptors (Lipinski definition) is 2. The standard InChI is InChI=1S/C14H21N3O/c1-4-10-17-12(18)16-11(15)14(17)7-5-6-13(2,3)8-9-14/h1H,5-10H2,2-3H3,(H2,15,16,18). The second-order valence-corrected chi connectivity index (χ2v) is 6.12. The Morgan fingerprint density at radius 2 is 2.11 bits per heavy atom. The quantitative estimate of drug-likeness (QED) is 0.722. The summed E-state index contributed by atoms with van der Waals surface area (Å²) in [5, 5.41) is 0. The van der Waals surface area contributed by atoms with Gasteiger partial charge in [0.15, 0.2) is 0 Å². The van der Waals surface area contributed by atoms with Crippen molar-refractivity contribution in [3.8, 4) is 12.3 Å². The van der Waals surface area contributed by atoms with Crippen LogP contribution >= 0.6 is 0 Å². The van der Waals surface area contributed by atoms with Gasteiger partial charge in [-0.25, -0.2) is 4.79 Å². The molecule has 1 spiro atoms. The molecule has 98 valence electrons. The first-order chi connectivity index (χ1) is 8.41. The van der Waals surface area contributed by atoms with Crippen molar-refractivity contribution in [2.45, 2.75) is 51.5 Å². The fourth-order valence-corrected chi connectivity index (χ4v) is 3.08. The number of terminal acetylenes is 1. The van der Waals surface area contributed by atoms with Gasteiger partial charge in [0, 0.05) is 0 Å². The van der Waals surface area contributed by atoms with Crippen LogP contribution < -0.4 is 5.73 Å². The molecule has 4 heteroatoms. The Kier molecular flexibility index (Phi) is 3.10. The summed E-state index contributed by atoms with van der Waals surface area (Å²) < 4.78 is 0. The van der Waals surface area contributed by atoms with Gasteiger partial charge in [0.2, 0.25) is 0 Å². The fourth-order valence-electron chi connectivity index (χ4n) is 3.08. The molecule has 0 aromatic heterocycles. The van der Waals surface area contributed by atoms with E-state index in [1.54, 1.807) is 4.90 Å². The summed E-state index contributed by atoms with van der Waals surface area (Å²) in [5.74, 6) is 3.01. The van der Waals surface area contributed by atoms with E-state index in [2.05, 4.69) is 24.8 Å². The summed E-state index contributed by atoms with van der Waals surface area (Å²) in [7, 11) is 0. The zero-order valence-corrected chi connectivity index (χ0v) is 11.2. The van der Waals surface area contributed by atoms with Crippen molar-refractivity contribution in [1.82, 2.24) is 4.90 Å². The van der Waals surface area contributed by atoms with Crippen molar-refractivity contribution in [3.63, 3.8) is 0 Å². The molecule has 1 aliphatic carbocycles. The van der Waals surface area contributed by atoms with Crippen molar-refractivity contribution < 1.29 is 4.79 Å². The number of carbonyl (C=O) groups is 1. The highest BCUT2D eigenvalue weighted by molar-refractivity contribution is 6.05. The molecule has 1 fully saturated rings. The fraction of sp³-hybridized carbons (Fsp3) is 0.714. The largest absolute Gasteiger partial charge is 0.385 e. The summed E-state index contributed by atoms with van der Waals surface area (Å²) >= 11 is 0. The number of amides is 2. The first-order valence-electron chi connectivity index (χ1n) is 6.51. The molecule has 4 nitrogen and oxygen atoms in total. The molecule has 0 radical (unpaired) electrons. The smallest absolute Gasteiger partial charge is 0.346 e. The number of nitrogens with zero attached hydrogens (tertiary/aromatic N) is 2. The molecule has 1 aliphatic heterocycles. The van der Waals surface area contributed by atoms with Gasteiger partial charge in [-0.15, -0.1) is 6.42 Å². The van der Waals surface area contributed by atoms with Crippen LogP contribution in [-0.4, -0.2) is 28.9 Å². The van der Waals surface area contributed by atoms with E-state index in [1.165, 1.54) is 0 Å². The van der Waals surface area contributed by atoms with Gasteiger partial charge in [-0.1, -0.05) is 26.2 Å². The number of carbonyl (C=O) groups excluding carboxylic acids is 1. The Morgan fingerprint density at radius 3 is 2.78 bits per heavy atom. The molecule has 18 heavy (non-hydrogen) atoms. The van der Waals surface area contributed by atoms with E-state index >= 15 is 0 Å². The molecular weight excluding hydrogens is 226 g/mol. The Bertz CT molecular complexity index is 433. The van der Waals surface area contributed by atoms with E-state index in [1.807, 2.05) is 0 Å². The van der Waals surface area contributed by atoms with Crippen LogP contribution in [0.2, 0.25) is 0 Å². The van der Waals surface area contributed by atoms with Crippen molar-refractivity contribution in [1.29, 1.82) is 0 Å². The van der Waals surface area contributed by atoms with Crippen LogP contribution in [0.4, 0.5) is 4.79 Å². The van der Waals surface area contributed by atoms with E-state index in [9.17, 15) is 4.79 Å². The highest BCUT2D eigenvalue weighted by Gasteiger charge is 2.49. The first kappa shape index (κ1) is 12.9. The van der Waals surface area contributed by atoms with Crippen molar-refractivity contribution in [3.05, 3.63) is 0 Å². The van der Waals surface area contributed by atoms with Crippen LogP contribution in [-0.2, 0) is 0 Å². The zero-order chi connectivity index (χ0) is 13.4. The van der Waals surface area contributed by atoms with Gasteiger partial charge in [-0.2, -0.15) is 4.99 Å². The third-order valence-corrected chi connectivity index (χ3v) is 4.35. The second kappa shape index (κ2) is 4.31. The summed E-state index contributed by atoms with van der Waals surface area (Å²) in [6.07, 6.45) is 10.3. The van der Waals surface area contributed by atoms with Gasteiger partial charge in [0.1, 0.15) is 11.4 Å². The van der Waals surface area contributed by atoms with E-state index < -0.39 is 5.54 Å². The molecule has 1 saturated carbocycles. The molecule has 0 aromatic rings. The molecule has 0 bridgehead atoms. The van der Waals surface area contributed by atoms with E-state index in [0.717, 1.165) is 32.1 Å². The lowest BCUT2D eigenvalue weighted by Crippen LogP contribution is -2.54. The van der Waals surface area contributed by atoms with Crippen molar-refractivity contribution in [2.75, 3.05) is 6.54 Å². The average molecular weight is 247 g/mol. The second-order valence-electron chi connectivity index (χ2n) is 6.12. The summed E-state index contributed by atoms with van der Waals surface area (Å²) in [5.41, 5.74) is 5.92. The summed E-state index contributed by atoms with van der Waals surface area (Å²) in [4.78, 5) is 17.5. The molecule has 2 aliphatic rings. The Hall–Kier alpha value is -1.50. The normalized spacial score (nSPS) is 31.1. The van der Waals surface area contributed by atoms with Gasteiger partial charge < -0.3 is 5.73 Å². The molecule has 2 N–H and O–H groups in total. The Balaban J connectivity index is 2.30. The maximum absolute atomic E-state index is 11.9. The van der Waals surface area contributed by atoms with Gasteiger partial charge >= 0.3 is 6.03 Å². The average Bonchev–Trinajstić information content (AvgIpc) is 2.44. The van der Waals surface area contributed by atoms with Gasteiger partial charge in [0.05, 0.1) is 6.54 Å².